The molecule has 0 amide bonds. The highest BCUT2D eigenvalue weighted by atomic mass is 32.1. The standard InChI is InChI=1S/C15H14FN3S/c1-10-8-20-15-13(10)14(18-9-19-15)17-7-6-11-4-2-3-5-12(11)16/h2-5,8-9H,6-7H2,1H3,(H,17,18,19). The maximum absolute atomic E-state index is 13.5. The quantitative estimate of drug-likeness (QED) is 0.793. The van der Waals surface area contributed by atoms with E-state index >= 15 is 0 Å². The number of halogens is 1. The molecular formula is C15H14FN3S. The van der Waals surface area contributed by atoms with Crippen molar-refractivity contribution in [3.63, 3.8) is 0 Å². The minimum atomic E-state index is -0.158. The normalized spacial score (nSPS) is 10.9. The third-order valence-electron chi connectivity index (χ3n) is 3.20. The average Bonchev–Trinajstić information content (AvgIpc) is 2.84. The predicted molar refractivity (Wildman–Crippen MR) is 80.7 cm³/mol. The van der Waals surface area contributed by atoms with Crippen molar-refractivity contribution < 1.29 is 4.39 Å². The summed E-state index contributed by atoms with van der Waals surface area (Å²) in [6.45, 7) is 2.69. The van der Waals surface area contributed by atoms with E-state index < -0.39 is 0 Å². The molecule has 2 aromatic heterocycles. The molecule has 1 aromatic carbocycles. The number of hydrogen-bond acceptors (Lipinski definition) is 4. The number of anilines is 1. The van der Waals surface area contributed by atoms with Crippen molar-refractivity contribution in [2.24, 2.45) is 0 Å². The van der Waals surface area contributed by atoms with Gasteiger partial charge in [0, 0.05) is 6.54 Å². The maximum atomic E-state index is 13.5. The van der Waals surface area contributed by atoms with Crippen LogP contribution >= 0.6 is 11.3 Å². The van der Waals surface area contributed by atoms with Gasteiger partial charge in [-0.1, -0.05) is 18.2 Å². The van der Waals surface area contributed by atoms with Crippen LogP contribution in [0.4, 0.5) is 10.2 Å². The second-order valence-electron chi connectivity index (χ2n) is 4.59. The Morgan fingerprint density at radius 1 is 1.25 bits per heavy atom. The highest BCUT2D eigenvalue weighted by Gasteiger charge is 2.08. The van der Waals surface area contributed by atoms with Gasteiger partial charge in [0.2, 0.25) is 0 Å². The summed E-state index contributed by atoms with van der Waals surface area (Å²) >= 11 is 1.61. The molecule has 0 aliphatic rings. The van der Waals surface area contributed by atoms with E-state index in [1.165, 1.54) is 11.6 Å². The molecule has 5 heteroatoms. The Hall–Kier alpha value is -2.01. The minimum absolute atomic E-state index is 0.158. The van der Waals surface area contributed by atoms with Crippen LogP contribution in [0, 0.1) is 12.7 Å². The first-order valence-electron chi connectivity index (χ1n) is 6.42. The number of aryl methyl sites for hydroxylation is 1. The van der Waals surface area contributed by atoms with Gasteiger partial charge in [0.25, 0.3) is 0 Å². The summed E-state index contributed by atoms with van der Waals surface area (Å²) in [6.07, 6.45) is 2.19. The first-order valence-corrected chi connectivity index (χ1v) is 7.30. The Morgan fingerprint density at radius 2 is 2.10 bits per heavy atom. The topological polar surface area (TPSA) is 37.8 Å². The van der Waals surface area contributed by atoms with Crippen LogP contribution in [0.1, 0.15) is 11.1 Å². The fourth-order valence-corrected chi connectivity index (χ4v) is 3.06. The lowest BCUT2D eigenvalue weighted by molar-refractivity contribution is 0.610. The number of rotatable bonds is 4. The third-order valence-corrected chi connectivity index (χ3v) is 4.20. The van der Waals surface area contributed by atoms with Crippen LogP contribution in [0.2, 0.25) is 0 Å². The van der Waals surface area contributed by atoms with Gasteiger partial charge < -0.3 is 5.32 Å². The van der Waals surface area contributed by atoms with Gasteiger partial charge in [0.15, 0.2) is 0 Å². The molecule has 20 heavy (non-hydrogen) atoms. The van der Waals surface area contributed by atoms with E-state index in [1.807, 2.05) is 19.1 Å². The lowest BCUT2D eigenvalue weighted by Crippen LogP contribution is -2.08. The highest BCUT2D eigenvalue weighted by Crippen LogP contribution is 2.28. The average molecular weight is 287 g/mol. The molecule has 2 heterocycles. The zero-order chi connectivity index (χ0) is 13.9. The molecule has 0 aliphatic heterocycles. The van der Waals surface area contributed by atoms with Crippen molar-refractivity contribution in [3.05, 3.63) is 52.9 Å². The van der Waals surface area contributed by atoms with Gasteiger partial charge in [0.1, 0.15) is 22.8 Å². The van der Waals surface area contributed by atoms with E-state index in [2.05, 4.69) is 20.7 Å². The van der Waals surface area contributed by atoms with Crippen LogP contribution in [0.3, 0.4) is 0 Å². The van der Waals surface area contributed by atoms with Crippen molar-refractivity contribution in [1.82, 2.24) is 9.97 Å². The molecule has 0 radical (unpaired) electrons. The Labute approximate surface area is 120 Å². The number of thiophene rings is 1. The van der Waals surface area contributed by atoms with Crippen LogP contribution < -0.4 is 5.32 Å². The largest absolute Gasteiger partial charge is 0.369 e. The van der Waals surface area contributed by atoms with Crippen LogP contribution in [-0.4, -0.2) is 16.5 Å². The molecule has 0 atom stereocenters. The van der Waals surface area contributed by atoms with Crippen LogP contribution in [0.5, 0.6) is 0 Å². The molecule has 0 unspecified atom stereocenters. The molecule has 3 aromatic rings. The zero-order valence-corrected chi connectivity index (χ0v) is 11.9. The van der Waals surface area contributed by atoms with Gasteiger partial charge in [-0.05, 0) is 35.9 Å². The molecule has 0 saturated heterocycles. The predicted octanol–water partition coefficient (Wildman–Crippen LogP) is 3.79. The molecule has 1 N–H and O–H groups in total. The summed E-state index contributed by atoms with van der Waals surface area (Å²) in [4.78, 5) is 9.51. The van der Waals surface area contributed by atoms with E-state index in [1.54, 1.807) is 23.7 Å². The van der Waals surface area contributed by atoms with Gasteiger partial charge in [-0.2, -0.15) is 0 Å². The monoisotopic (exact) mass is 287 g/mol. The van der Waals surface area contributed by atoms with Crippen molar-refractivity contribution in [3.8, 4) is 0 Å². The number of fused-ring (bicyclic) bond motifs is 1. The second-order valence-corrected chi connectivity index (χ2v) is 5.45. The zero-order valence-electron chi connectivity index (χ0n) is 11.1. The Kier molecular flexibility index (Phi) is 3.60. The summed E-state index contributed by atoms with van der Waals surface area (Å²) in [5.74, 6) is 0.666. The molecule has 0 fully saturated rings. The van der Waals surface area contributed by atoms with Crippen LogP contribution in [-0.2, 0) is 6.42 Å². The molecule has 3 nitrogen and oxygen atoms in total. The number of nitrogens with one attached hydrogen (secondary N) is 1. The van der Waals surface area contributed by atoms with Crippen LogP contribution in [0.25, 0.3) is 10.2 Å². The summed E-state index contributed by atoms with van der Waals surface area (Å²) in [7, 11) is 0. The van der Waals surface area contributed by atoms with Gasteiger partial charge >= 0.3 is 0 Å². The lowest BCUT2D eigenvalue weighted by Gasteiger charge is -2.07. The number of benzene rings is 1. The fraction of sp³-hybridized carbons (Fsp3) is 0.200. The fourth-order valence-electron chi connectivity index (χ4n) is 2.17. The van der Waals surface area contributed by atoms with Gasteiger partial charge in [0.05, 0.1) is 5.39 Å². The third kappa shape index (κ3) is 2.49. The smallest absolute Gasteiger partial charge is 0.138 e. The summed E-state index contributed by atoms with van der Waals surface area (Å²) < 4.78 is 13.5. The van der Waals surface area contributed by atoms with Crippen molar-refractivity contribution >= 4 is 27.4 Å². The summed E-state index contributed by atoms with van der Waals surface area (Å²) in [5.41, 5.74) is 1.88. The Balaban J connectivity index is 1.75. The number of aromatic nitrogens is 2. The lowest BCUT2D eigenvalue weighted by atomic mass is 10.1. The highest BCUT2D eigenvalue weighted by molar-refractivity contribution is 7.17. The van der Waals surface area contributed by atoms with E-state index in [0.717, 1.165) is 16.0 Å². The SMILES string of the molecule is Cc1csc2ncnc(NCCc3ccccc3F)c12. The molecule has 0 aliphatic carbocycles. The van der Waals surface area contributed by atoms with E-state index in [0.29, 0.717) is 18.5 Å². The second kappa shape index (κ2) is 5.54. The molecule has 3 rings (SSSR count). The first kappa shape index (κ1) is 13.0. The molecule has 102 valence electrons. The van der Waals surface area contributed by atoms with Crippen LogP contribution in [0.15, 0.2) is 36.0 Å². The molecule has 0 spiro atoms. The van der Waals surface area contributed by atoms with Crippen molar-refractivity contribution in [2.45, 2.75) is 13.3 Å². The van der Waals surface area contributed by atoms with E-state index in [9.17, 15) is 4.39 Å². The molecule has 0 saturated carbocycles. The minimum Gasteiger partial charge on any atom is -0.369 e. The number of hydrogen-bond donors (Lipinski definition) is 1. The maximum Gasteiger partial charge on any atom is 0.138 e. The Morgan fingerprint density at radius 3 is 2.95 bits per heavy atom. The number of nitrogens with zero attached hydrogens (tertiary/aromatic N) is 2. The van der Waals surface area contributed by atoms with Gasteiger partial charge in [-0.3, -0.25) is 0 Å². The molecule has 0 bridgehead atoms. The van der Waals surface area contributed by atoms with Crippen molar-refractivity contribution in [1.29, 1.82) is 0 Å². The first-order chi connectivity index (χ1) is 9.75. The molecular weight excluding hydrogens is 273 g/mol. The van der Waals surface area contributed by atoms with Gasteiger partial charge in [-0.15, -0.1) is 11.3 Å². The van der Waals surface area contributed by atoms with Crippen molar-refractivity contribution in [2.75, 3.05) is 11.9 Å². The van der Waals surface area contributed by atoms with E-state index in [4.69, 9.17) is 0 Å². The Bertz CT molecular complexity index is 739. The summed E-state index contributed by atoms with van der Waals surface area (Å²) in [6, 6.07) is 6.85. The summed E-state index contributed by atoms with van der Waals surface area (Å²) in [5, 5.41) is 6.41. The van der Waals surface area contributed by atoms with Gasteiger partial charge in [-0.25, -0.2) is 14.4 Å². The van der Waals surface area contributed by atoms with E-state index in [-0.39, 0.29) is 5.82 Å².